The summed E-state index contributed by atoms with van der Waals surface area (Å²) < 4.78 is 0. The van der Waals surface area contributed by atoms with E-state index in [2.05, 4.69) is 0 Å². The molecule has 3 nitrogen and oxygen atoms in total. The second-order valence-corrected chi connectivity index (χ2v) is 4.28. The number of rotatable bonds is 4. The summed E-state index contributed by atoms with van der Waals surface area (Å²) in [6, 6.07) is 5.09. The molecule has 0 aliphatic heterocycles. The molecule has 90 valence electrons. The maximum atomic E-state index is 11.4. The molecule has 0 aliphatic rings. The SMILES string of the molecule is CC(=O)c1ccc(C(C(C)=O)C(C)=O)cc1C. The van der Waals surface area contributed by atoms with E-state index in [0.29, 0.717) is 11.1 Å². The van der Waals surface area contributed by atoms with Gasteiger partial charge in [0.25, 0.3) is 0 Å². The lowest BCUT2D eigenvalue weighted by atomic mass is 9.89. The van der Waals surface area contributed by atoms with Crippen LogP contribution in [0.15, 0.2) is 18.2 Å². The van der Waals surface area contributed by atoms with Gasteiger partial charge in [-0.05, 0) is 38.8 Å². The van der Waals surface area contributed by atoms with E-state index in [0.717, 1.165) is 5.56 Å². The zero-order valence-electron chi connectivity index (χ0n) is 10.5. The van der Waals surface area contributed by atoms with E-state index < -0.39 is 5.92 Å². The second kappa shape index (κ2) is 5.04. The molecule has 0 amide bonds. The first-order valence-corrected chi connectivity index (χ1v) is 5.47. The van der Waals surface area contributed by atoms with Crippen LogP contribution < -0.4 is 0 Å². The number of hydrogen-bond donors (Lipinski definition) is 0. The standard InChI is InChI=1S/C14H16O3/c1-8-7-12(5-6-13(8)9(2)15)14(10(3)16)11(4)17/h5-7,14H,1-4H3. The third-order valence-corrected chi connectivity index (χ3v) is 2.78. The van der Waals surface area contributed by atoms with Crippen LogP contribution in [-0.4, -0.2) is 17.3 Å². The minimum atomic E-state index is -0.713. The fourth-order valence-electron chi connectivity index (χ4n) is 2.02. The van der Waals surface area contributed by atoms with Gasteiger partial charge in [-0.3, -0.25) is 14.4 Å². The molecule has 0 spiro atoms. The molecule has 0 bridgehead atoms. The second-order valence-electron chi connectivity index (χ2n) is 4.28. The van der Waals surface area contributed by atoms with E-state index in [9.17, 15) is 14.4 Å². The first-order valence-electron chi connectivity index (χ1n) is 5.47. The predicted octanol–water partition coefficient (Wildman–Crippen LogP) is 2.46. The van der Waals surface area contributed by atoms with E-state index in [-0.39, 0.29) is 17.3 Å². The zero-order chi connectivity index (χ0) is 13.2. The summed E-state index contributed by atoms with van der Waals surface area (Å²) in [7, 11) is 0. The fraction of sp³-hybridized carbons (Fsp3) is 0.357. The first-order chi connectivity index (χ1) is 7.84. The van der Waals surface area contributed by atoms with Gasteiger partial charge in [0.1, 0.15) is 17.5 Å². The van der Waals surface area contributed by atoms with E-state index >= 15 is 0 Å². The Kier molecular flexibility index (Phi) is 3.94. The van der Waals surface area contributed by atoms with Crippen molar-refractivity contribution in [2.45, 2.75) is 33.6 Å². The molecule has 3 heteroatoms. The zero-order valence-corrected chi connectivity index (χ0v) is 10.5. The molecule has 17 heavy (non-hydrogen) atoms. The molecule has 0 unspecified atom stereocenters. The third kappa shape index (κ3) is 2.87. The molecule has 0 saturated carbocycles. The van der Waals surface area contributed by atoms with Crippen molar-refractivity contribution in [3.63, 3.8) is 0 Å². The Hall–Kier alpha value is -1.77. The van der Waals surface area contributed by atoms with Crippen LogP contribution in [0.3, 0.4) is 0 Å². The minimum absolute atomic E-state index is 0.0174. The van der Waals surface area contributed by atoms with Gasteiger partial charge in [-0.2, -0.15) is 0 Å². The summed E-state index contributed by atoms with van der Waals surface area (Å²) in [5.74, 6) is -1.08. The molecule has 0 radical (unpaired) electrons. The van der Waals surface area contributed by atoms with Crippen molar-refractivity contribution in [2.24, 2.45) is 0 Å². The van der Waals surface area contributed by atoms with Crippen molar-refractivity contribution in [2.75, 3.05) is 0 Å². The highest BCUT2D eigenvalue weighted by atomic mass is 16.1. The van der Waals surface area contributed by atoms with Crippen molar-refractivity contribution < 1.29 is 14.4 Å². The van der Waals surface area contributed by atoms with Crippen LogP contribution in [0.25, 0.3) is 0 Å². The lowest BCUT2D eigenvalue weighted by Crippen LogP contribution is -2.17. The normalized spacial score (nSPS) is 10.4. The molecule has 0 heterocycles. The van der Waals surface area contributed by atoms with Crippen LogP contribution in [0.5, 0.6) is 0 Å². The quantitative estimate of drug-likeness (QED) is 0.592. The van der Waals surface area contributed by atoms with Gasteiger partial charge < -0.3 is 0 Å². The molecule has 0 fully saturated rings. The number of carbonyl (C=O) groups is 3. The van der Waals surface area contributed by atoms with E-state index in [1.807, 2.05) is 0 Å². The third-order valence-electron chi connectivity index (χ3n) is 2.78. The first kappa shape index (κ1) is 13.3. The number of Topliss-reactive ketones (excluding diaryl/α,β-unsaturated/α-hetero) is 3. The largest absolute Gasteiger partial charge is 0.299 e. The molecule has 0 aliphatic carbocycles. The Bertz CT molecular complexity index is 472. The van der Waals surface area contributed by atoms with Gasteiger partial charge >= 0.3 is 0 Å². The topological polar surface area (TPSA) is 51.2 Å². The lowest BCUT2D eigenvalue weighted by molar-refractivity contribution is -0.126. The highest BCUT2D eigenvalue weighted by Crippen LogP contribution is 2.21. The van der Waals surface area contributed by atoms with Crippen LogP contribution in [-0.2, 0) is 9.59 Å². The molecule has 0 saturated heterocycles. The molecular formula is C14H16O3. The van der Waals surface area contributed by atoms with Gasteiger partial charge in [0.2, 0.25) is 0 Å². The van der Waals surface area contributed by atoms with Crippen molar-refractivity contribution in [1.82, 2.24) is 0 Å². The van der Waals surface area contributed by atoms with Crippen LogP contribution in [0.2, 0.25) is 0 Å². The molecule has 0 N–H and O–H groups in total. The van der Waals surface area contributed by atoms with Gasteiger partial charge in [0.15, 0.2) is 5.78 Å². The number of ketones is 3. The average molecular weight is 232 g/mol. The van der Waals surface area contributed by atoms with Crippen molar-refractivity contribution in [3.05, 3.63) is 34.9 Å². The predicted molar refractivity (Wildman–Crippen MR) is 65.3 cm³/mol. The van der Waals surface area contributed by atoms with Crippen molar-refractivity contribution >= 4 is 17.3 Å². The number of benzene rings is 1. The van der Waals surface area contributed by atoms with Gasteiger partial charge in [0, 0.05) is 5.56 Å². The average Bonchev–Trinajstić information content (AvgIpc) is 2.15. The summed E-state index contributed by atoms with van der Waals surface area (Å²) in [5.41, 5.74) is 2.08. The van der Waals surface area contributed by atoms with Crippen LogP contribution >= 0.6 is 0 Å². The van der Waals surface area contributed by atoms with Crippen molar-refractivity contribution in [3.8, 4) is 0 Å². The monoisotopic (exact) mass is 232 g/mol. The van der Waals surface area contributed by atoms with Crippen molar-refractivity contribution in [1.29, 1.82) is 0 Å². The summed E-state index contributed by atoms with van der Waals surface area (Å²) in [6.07, 6.45) is 0. The van der Waals surface area contributed by atoms with Gasteiger partial charge in [-0.1, -0.05) is 18.2 Å². The van der Waals surface area contributed by atoms with Gasteiger partial charge in [-0.25, -0.2) is 0 Å². The van der Waals surface area contributed by atoms with E-state index in [1.54, 1.807) is 25.1 Å². The summed E-state index contributed by atoms with van der Waals surface area (Å²) in [6.45, 7) is 6.10. The lowest BCUT2D eigenvalue weighted by Gasteiger charge is -2.12. The van der Waals surface area contributed by atoms with Crippen LogP contribution in [0, 0.1) is 6.92 Å². The molecule has 1 rings (SSSR count). The molecule has 0 atom stereocenters. The minimum Gasteiger partial charge on any atom is -0.299 e. The molecule has 1 aromatic carbocycles. The Labute approximate surface area is 101 Å². The Morgan fingerprint density at radius 1 is 1.00 bits per heavy atom. The molecule has 0 aromatic heterocycles. The molecule has 1 aromatic rings. The smallest absolute Gasteiger partial charge is 0.160 e. The highest BCUT2D eigenvalue weighted by molar-refractivity contribution is 6.06. The summed E-state index contributed by atoms with van der Waals surface area (Å²) in [4.78, 5) is 34.1. The van der Waals surface area contributed by atoms with E-state index in [1.165, 1.54) is 20.8 Å². The van der Waals surface area contributed by atoms with Crippen LogP contribution in [0.1, 0.15) is 48.2 Å². The van der Waals surface area contributed by atoms with E-state index in [4.69, 9.17) is 0 Å². The highest BCUT2D eigenvalue weighted by Gasteiger charge is 2.22. The maximum Gasteiger partial charge on any atom is 0.160 e. The number of hydrogen-bond acceptors (Lipinski definition) is 3. The Morgan fingerprint density at radius 2 is 1.53 bits per heavy atom. The summed E-state index contributed by atoms with van der Waals surface area (Å²) in [5, 5.41) is 0. The Balaban J connectivity index is 3.24. The summed E-state index contributed by atoms with van der Waals surface area (Å²) >= 11 is 0. The maximum absolute atomic E-state index is 11.4. The Morgan fingerprint density at radius 3 is 1.88 bits per heavy atom. The number of aryl methyl sites for hydroxylation is 1. The van der Waals surface area contributed by atoms with Gasteiger partial charge in [-0.15, -0.1) is 0 Å². The van der Waals surface area contributed by atoms with Crippen LogP contribution in [0.4, 0.5) is 0 Å². The molecular weight excluding hydrogens is 216 g/mol. The fourth-order valence-corrected chi connectivity index (χ4v) is 2.02. The van der Waals surface area contributed by atoms with Gasteiger partial charge in [0.05, 0.1) is 0 Å². The number of carbonyl (C=O) groups excluding carboxylic acids is 3.